The van der Waals surface area contributed by atoms with Crippen molar-refractivity contribution in [2.75, 3.05) is 5.32 Å². The van der Waals surface area contributed by atoms with Crippen LogP contribution in [0, 0.1) is 0 Å². The summed E-state index contributed by atoms with van der Waals surface area (Å²) >= 11 is 3.34. The number of nitrogens with one attached hydrogen (secondary N) is 2. The fourth-order valence-electron chi connectivity index (χ4n) is 1.23. The number of rotatable bonds is 3. The minimum Gasteiger partial charge on any atom is -0.295 e. The largest absolute Gasteiger partial charge is 0.295 e. The summed E-state index contributed by atoms with van der Waals surface area (Å²) in [6.45, 7) is 0. The van der Waals surface area contributed by atoms with E-state index in [1.807, 2.05) is 24.3 Å². The van der Waals surface area contributed by atoms with Crippen LogP contribution in [0.2, 0.25) is 0 Å². The van der Waals surface area contributed by atoms with Crippen LogP contribution in [0.4, 0.5) is 5.95 Å². The standard InChI is InChI=1S/C10H9BrN4O/c11-8-3-1-7(2-4-8)5-9(16)14-10-12-6-13-15-10/h1-4,6H,5H2,(H2,12,13,14,15,16). The first-order valence-electron chi connectivity index (χ1n) is 4.64. The van der Waals surface area contributed by atoms with Gasteiger partial charge in [0.05, 0.1) is 6.42 Å². The van der Waals surface area contributed by atoms with Gasteiger partial charge >= 0.3 is 0 Å². The Morgan fingerprint density at radius 3 is 2.75 bits per heavy atom. The van der Waals surface area contributed by atoms with Gasteiger partial charge in [0.25, 0.3) is 0 Å². The van der Waals surface area contributed by atoms with E-state index in [-0.39, 0.29) is 5.91 Å². The first kappa shape index (κ1) is 10.8. The zero-order chi connectivity index (χ0) is 11.4. The monoisotopic (exact) mass is 280 g/mol. The number of aromatic amines is 1. The van der Waals surface area contributed by atoms with Crippen molar-refractivity contribution < 1.29 is 4.79 Å². The molecule has 0 saturated heterocycles. The molecule has 1 heterocycles. The van der Waals surface area contributed by atoms with Crippen LogP contribution in [0.3, 0.4) is 0 Å². The van der Waals surface area contributed by atoms with E-state index < -0.39 is 0 Å². The summed E-state index contributed by atoms with van der Waals surface area (Å²) in [6.07, 6.45) is 1.66. The molecule has 0 aliphatic rings. The SMILES string of the molecule is O=C(Cc1ccc(Br)cc1)Nc1ncn[nH]1. The lowest BCUT2D eigenvalue weighted by Gasteiger charge is -2.01. The molecule has 1 amide bonds. The van der Waals surface area contributed by atoms with Crippen molar-refractivity contribution in [1.82, 2.24) is 15.2 Å². The predicted molar refractivity (Wildman–Crippen MR) is 62.9 cm³/mol. The lowest BCUT2D eigenvalue weighted by molar-refractivity contribution is -0.115. The van der Waals surface area contributed by atoms with Crippen molar-refractivity contribution >= 4 is 27.8 Å². The Balaban J connectivity index is 1.95. The van der Waals surface area contributed by atoms with Crippen molar-refractivity contribution in [3.63, 3.8) is 0 Å². The second-order valence-electron chi connectivity index (χ2n) is 3.19. The van der Waals surface area contributed by atoms with E-state index in [9.17, 15) is 4.79 Å². The van der Waals surface area contributed by atoms with Crippen LogP contribution in [0.5, 0.6) is 0 Å². The van der Waals surface area contributed by atoms with Crippen molar-refractivity contribution in [1.29, 1.82) is 0 Å². The molecule has 0 spiro atoms. The predicted octanol–water partition coefficient (Wildman–Crippen LogP) is 1.75. The molecule has 0 fully saturated rings. The van der Waals surface area contributed by atoms with Crippen LogP contribution in [0.25, 0.3) is 0 Å². The van der Waals surface area contributed by atoms with Gasteiger partial charge in [-0.25, -0.2) is 5.10 Å². The van der Waals surface area contributed by atoms with Crippen molar-refractivity contribution in [3.8, 4) is 0 Å². The maximum Gasteiger partial charge on any atom is 0.231 e. The molecule has 16 heavy (non-hydrogen) atoms. The Bertz CT molecular complexity index is 466. The van der Waals surface area contributed by atoms with Gasteiger partial charge in [0.2, 0.25) is 11.9 Å². The van der Waals surface area contributed by atoms with Crippen LogP contribution >= 0.6 is 15.9 Å². The molecular formula is C10H9BrN4O. The normalized spacial score (nSPS) is 10.1. The van der Waals surface area contributed by atoms with E-state index in [2.05, 4.69) is 36.4 Å². The second-order valence-corrected chi connectivity index (χ2v) is 4.10. The number of hydrogen-bond acceptors (Lipinski definition) is 3. The lowest BCUT2D eigenvalue weighted by Crippen LogP contribution is -2.15. The van der Waals surface area contributed by atoms with Gasteiger partial charge in [-0.1, -0.05) is 28.1 Å². The highest BCUT2D eigenvalue weighted by atomic mass is 79.9. The first-order valence-corrected chi connectivity index (χ1v) is 5.43. The molecule has 2 N–H and O–H groups in total. The average molecular weight is 281 g/mol. The molecule has 0 unspecified atom stereocenters. The van der Waals surface area contributed by atoms with Crippen LogP contribution in [0.1, 0.15) is 5.56 Å². The molecule has 82 valence electrons. The summed E-state index contributed by atoms with van der Waals surface area (Å²) in [5, 5.41) is 8.80. The highest BCUT2D eigenvalue weighted by molar-refractivity contribution is 9.10. The molecule has 2 aromatic rings. The van der Waals surface area contributed by atoms with Crippen molar-refractivity contribution in [3.05, 3.63) is 40.6 Å². The molecule has 0 aliphatic heterocycles. The number of nitrogens with zero attached hydrogens (tertiary/aromatic N) is 2. The quantitative estimate of drug-likeness (QED) is 0.900. The summed E-state index contributed by atoms with van der Waals surface area (Å²) < 4.78 is 0.992. The third kappa shape index (κ3) is 2.90. The van der Waals surface area contributed by atoms with Gasteiger partial charge in [-0.05, 0) is 17.7 Å². The van der Waals surface area contributed by atoms with Gasteiger partial charge in [-0.3, -0.25) is 10.1 Å². The minimum absolute atomic E-state index is 0.126. The van der Waals surface area contributed by atoms with E-state index in [1.54, 1.807) is 0 Å². The number of carbonyl (C=O) groups is 1. The van der Waals surface area contributed by atoms with Gasteiger partial charge in [0, 0.05) is 4.47 Å². The summed E-state index contributed by atoms with van der Waals surface area (Å²) in [6, 6.07) is 7.59. The zero-order valence-corrected chi connectivity index (χ0v) is 9.86. The lowest BCUT2D eigenvalue weighted by atomic mass is 10.1. The smallest absolute Gasteiger partial charge is 0.231 e. The number of H-pyrrole nitrogens is 1. The van der Waals surface area contributed by atoms with E-state index in [4.69, 9.17) is 0 Å². The Kier molecular flexibility index (Phi) is 3.31. The molecule has 1 aromatic carbocycles. The number of halogens is 1. The maximum atomic E-state index is 11.6. The Morgan fingerprint density at radius 2 is 2.12 bits per heavy atom. The van der Waals surface area contributed by atoms with E-state index in [1.165, 1.54) is 6.33 Å². The van der Waals surface area contributed by atoms with Crippen molar-refractivity contribution in [2.45, 2.75) is 6.42 Å². The Labute approximate surface area is 100 Å². The van der Waals surface area contributed by atoms with Gasteiger partial charge < -0.3 is 0 Å². The van der Waals surface area contributed by atoms with Gasteiger partial charge in [-0.15, -0.1) is 0 Å². The van der Waals surface area contributed by atoms with Crippen molar-refractivity contribution in [2.24, 2.45) is 0 Å². The highest BCUT2D eigenvalue weighted by Crippen LogP contribution is 2.11. The first-order chi connectivity index (χ1) is 7.74. The van der Waals surface area contributed by atoms with Crippen LogP contribution in [-0.4, -0.2) is 21.1 Å². The summed E-state index contributed by atoms with van der Waals surface area (Å²) in [4.78, 5) is 15.4. The number of amides is 1. The van der Waals surface area contributed by atoms with E-state index >= 15 is 0 Å². The molecule has 0 bridgehead atoms. The third-order valence-electron chi connectivity index (χ3n) is 1.95. The average Bonchev–Trinajstić information content (AvgIpc) is 2.74. The molecule has 1 aromatic heterocycles. The third-order valence-corrected chi connectivity index (χ3v) is 2.48. The highest BCUT2D eigenvalue weighted by Gasteiger charge is 2.05. The molecular weight excluding hydrogens is 272 g/mol. The van der Waals surface area contributed by atoms with Crippen LogP contribution < -0.4 is 5.32 Å². The van der Waals surface area contributed by atoms with E-state index in [0.717, 1.165) is 10.0 Å². The summed E-state index contributed by atoms with van der Waals surface area (Å²) in [7, 11) is 0. The zero-order valence-electron chi connectivity index (χ0n) is 8.27. The van der Waals surface area contributed by atoms with Gasteiger partial charge in [-0.2, -0.15) is 10.1 Å². The summed E-state index contributed by atoms with van der Waals surface area (Å²) in [5.41, 5.74) is 0.945. The number of carbonyl (C=O) groups excluding carboxylic acids is 1. The maximum absolute atomic E-state index is 11.6. The molecule has 0 aliphatic carbocycles. The molecule has 5 nitrogen and oxygen atoms in total. The Hall–Kier alpha value is -1.69. The molecule has 0 radical (unpaired) electrons. The van der Waals surface area contributed by atoms with E-state index in [0.29, 0.717) is 12.4 Å². The topological polar surface area (TPSA) is 70.7 Å². The van der Waals surface area contributed by atoms with Gasteiger partial charge in [0.15, 0.2) is 0 Å². The fourth-order valence-corrected chi connectivity index (χ4v) is 1.49. The van der Waals surface area contributed by atoms with Gasteiger partial charge in [0.1, 0.15) is 6.33 Å². The van der Waals surface area contributed by atoms with Crippen LogP contribution in [-0.2, 0) is 11.2 Å². The number of aromatic nitrogens is 3. The molecule has 0 saturated carbocycles. The minimum atomic E-state index is -0.126. The molecule has 6 heteroatoms. The Morgan fingerprint density at radius 1 is 1.38 bits per heavy atom. The second kappa shape index (κ2) is 4.89. The molecule has 2 rings (SSSR count). The number of hydrogen-bond donors (Lipinski definition) is 2. The fraction of sp³-hybridized carbons (Fsp3) is 0.100. The van der Waals surface area contributed by atoms with Crippen LogP contribution in [0.15, 0.2) is 35.1 Å². The number of anilines is 1. The summed E-state index contributed by atoms with van der Waals surface area (Å²) in [5.74, 6) is 0.237. The molecule has 0 atom stereocenters. The number of benzene rings is 1.